The number of nitro groups is 1. The summed E-state index contributed by atoms with van der Waals surface area (Å²) in [5.74, 6) is -4.56. The van der Waals surface area contributed by atoms with Gasteiger partial charge in [0, 0.05) is 0 Å². The first-order chi connectivity index (χ1) is 10.6. The van der Waals surface area contributed by atoms with Gasteiger partial charge in [0.15, 0.2) is 17.4 Å². The van der Waals surface area contributed by atoms with Gasteiger partial charge in [-0.2, -0.15) is 13.2 Å². The standard InChI is InChI=1S/C13H5BrF5NO3/c14-8-2-1-7(5-11(8)20(21)22)23-12-9(15)3-6(4-10(12)16)13(17,18)19/h1-5H. The number of nitro benzene ring substituents is 1. The molecule has 0 aromatic heterocycles. The molecule has 2 aromatic carbocycles. The number of alkyl halides is 3. The van der Waals surface area contributed by atoms with Crippen molar-refractivity contribution in [3.05, 3.63) is 62.1 Å². The molecule has 0 atom stereocenters. The quantitative estimate of drug-likeness (QED) is 0.393. The molecular weight excluding hydrogens is 393 g/mol. The first kappa shape index (κ1) is 17.1. The molecule has 0 heterocycles. The van der Waals surface area contributed by atoms with Gasteiger partial charge in [0.25, 0.3) is 5.69 Å². The number of nitrogens with zero attached hydrogens (tertiary/aromatic N) is 1. The fourth-order valence-electron chi connectivity index (χ4n) is 1.63. The van der Waals surface area contributed by atoms with Crippen molar-refractivity contribution in [1.82, 2.24) is 0 Å². The van der Waals surface area contributed by atoms with E-state index in [0.717, 1.165) is 12.1 Å². The Kier molecular flexibility index (Phi) is 4.55. The summed E-state index contributed by atoms with van der Waals surface area (Å²) in [7, 11) is 0. The van der Waals surface area contributed by atoms with Crippen LogP contribution < -0.4 is 4.74 Å². The van der Waals surface area contributed by atoms with Crippen LogP contribution in [0.1, 0.15) is 5.56 Å². The number of hydrogen-bond donors (Lipinski definition) is 0. The van der Waals surface area contributed by atoms with Gasteiger partial charge >= 0.3 is 6.18 Å². The Balaban J connectivity index is 2.42. The van der Waals surface area contributed by atoms with E-state index in [0.29, 0.717) is 0 Å². The van der Waals surface area contributed by atoms with Gasteiger partial charge in [-0.05, 0) is 40.2 Å². The second-order valence-electron chi connectivity index (χ2n) is 4.24. The van der Waals surface area contributed by atoms with Crippen LogP contribution in [0.25, 0.3) is 0 Å². The predicted octanol–water partition coefficient (Wildman–Crippen LogP) is 5.45. The van der Waals surface area contributed by atoms with E-state index in [2.05, 4.69) is 15.9 Å². The summed E-state index contributed by atoms with van der Waals surface area (Å²) in [5, 5.41) is 10.8. The molecule has 0 radical (unpaired) electrons. The normalized spacial score (nSPS) is 11.4. The Bertz CT molecular complexity index is 756. The van der Waals surface area contributed by atoms with Crippen molar-refractivity contribution in [2.24, 2.45) is 0 Å². The molecule has 0 saturated carbocycles. The van der Waals surface area contributed by atoms with E-state index >= 15 is 0 Å². The van der Waals surface area contributed by atoms with E-state index in [9.17, 15) is 32.1 Å². The molecule has 23 heavy (non-hydrogen) atoms. The predicted molar refractivity (Wildman–Crippen MR) is 72.2 cm³/mol. The van der Waals surface area contributed by atoms with Gasteiger partial charge in [-0.25, -0.2) is 8.78 Å². The summed E-state index contributed by atoms with van der Waals surface area (Å²) in [4.78, 5) is 9.99. The lowest BCUT2D eigenvalue weighted by Gasteiger charge is -2.11. The maximum Gasteiger partial charge on any atom is 0.416 e. The van der Waals surface area contributed by atoms with E-state index in [1.165, 1.54) is 6.07 Å². The molecule has 122 valence electrons. The van der Waals surface area contributed by atoms with E-state index < -0.39 is 39.7 Å². The van der Waals surface area contributed by atoms with Gasteiger partial charge in [-0.3, -0.25) is 10.1 Å². The molecule has 0 aliphatic carbocycles. The topological polar surface area (TPSA) is 52.4 Å². The van der Waals surface area contributed by atoms with Crippen LogP contribution in [0.2, 0.25) is 0 Å². The number of hydrogen-bond acceptors (Lipinski definition) is 3. The second-order valence-corrected chi connectivity index (χ2v) is 5.09. The summed E-state index contributed by atoms with van der Waals surface area (Å²) in [6, 6.07) is 3.39. The summed E-state index contributed by atoms with van der Waals surface area (Å²) in [5.41, 5.74) is -1.95. The maximum atomic E-state index is 13.7. The molecule has 0 fully saturated rings. The van der Waals surface area contributed by atoms with Gasteiger partial charge in [-0.1, -0.05) is 0 Å². The highest BCUT2D eigenvalue weighted by molar-refractivity contribution is 9.10. The average molecular weight is 398 g/mol. The van der Waals surface area contributed by atoms with Crippen LogP contribution in [0, 0.1) is 21.7 Å². The summed E-state index contributed by atoms with van der Waals surface area (Å²) >= 11 is 2.91. The average Bonchev–Trinajstić information content (AvgIpc) is 2.43. The SMILES string of the molecule is O=[N+]([O-])c1cc(Oc2c(F)cc(C(F)(F)F)cc2F)ccc1Br. The van der Waals surface area contributed by atoms with Crippen molar-refractivity contribution in [2.75, 3.05) is 0 Å². The minimum Gasteiger partial charge on any atom is -0.451 e. The van der Waals surface area contributed by atoms with Gasteiger partial charge in [-0.15, -0.1) is 0 Å². The van der Waals surface area contributed by atoms with Crippen LogP contribution in [0.3, 0.4) is 0 Å². The zero-order valence-corrected chi connectivity index (χ0v) is 12.4. The minimum absolute atomic E-state index is 0.0751. The smallest absolute Gasteiger partial charge is 0.416 e. The Morgan fingerprint density at radius 1 is 1.09 bits per heavy atom. The Hall–Kier alpha value is -2.23. The third-order valence-corrected chi connectivity index (χ3v) is 3.33. The van der Waals surface area contributed by atoms with Crippen molar-refractivity contribution in [3.63, 3.8) is 0 Å². The summed E-state index contributed by atoms with van der Waals surface area (Å²) in [6.45, 7) is 0. The molecule has 10 heteroatoms. The number of halogens is 6. The number of rotatable bonds is 3. The van der Waals surface area contributed by atoms with E-state index in [1.54, 1.807) is 0 Å². The molecular formula is C13H5BrF5NO3. The van der Waals surface area contributed by atoms with Crippen molar-refractivity contribution in [3.8, 4) is 11.5 Å². The van der Waals surface area contributed by atoms with Crippen molar-refractivity contribution < 1.29 is 31.6 Å². The van der Waals surface area contributed by atoms with Crippen LogP contribution in [-0.4, -0.2) is 4.92 Å². The Morgan fingerprint density at radius 2 is 1.65 bits per heavy atom. The molecule has 4 nitrogen and oxygen atoms in total. The molecule has 0 N–H and O–H groups in total. The molecule has 0 unspecified atom stereocenters. The molecule has 0 aliphatic heterocycles. The van der Waals surface area contributed by atoms with Gasteiger partial charge < -0.3 is 4.74 Å². The van der Waals surface area contributed by atoms with Crippen molar-refractivity contribution >= 4 is 21.6 Å². The third-order valence-electron chi connectivity index (χ3n) is 2.66. The maximum absolute atomic E-state index is 13.7. The lowest BCUT2D eigenvalue weighted by molar-refractivity contribution is -0.385. The van der Waals surface area contributed by atoms with Gasteiger partial charge in [0.05, 0.1) is 21.0 Å². The van der Waals surface area contributed by atoms with Crippen LogP contribution in [0.15, 0.2) is 34.8 Å². The second kappa shape index (κ2) is 6.11. The summed E-state index contributed by atoms with van der Waals surface area (Å²) < 4.78 is 69.5. The summed E-state index contributed by atoms with van der Waals surface area (Å²) in [6.07, 6.45) is -4.92. The largest absolute Gasteiger partial charge is 0.451 e. The lowest BCUT2D eigenvalue weighted by Crippen LogP contribution is -2.07. The fourth-order valence-corrected chi connectivity index (χ4v) is 2.03. The van der Waals surface area contributed by atoms with E-state index in [1.807, 2.05) is 0 Å². The van der Waals surface area contributed by atoms with Crippen LogP contribution in [-0.2, 0) is 6.18 Å². The molecule has 2 rings (SSSR count). The molecule has 0 bridgehead atoms. The fraction of sp³-hybridized carbons (Fsp3) is 0.0769. The molecule has 0 amide bonds. The number of ether oxygens (including phenoxy) is 1. The Labute approximate surface area is 133 Å². The lowest BCUT2D eigenvalue weighted by atomic mass is 10.2. The first-order valence-electron chi connectivity index (χ1n) is 5.77. The van der Waals surface area contributed by atoms with Crippen LogP contribution in [0.5, 0.6) is 11.5 Å². The van der Waals surface area contributed by atoms with Crippen molar-refractivity contribution in [1.29, 1.82) is 0 Å². The highest BCUT2D eigenvalue weighted by Crippen LogP contribution is 2.37. The monoisotopic (exact) mass is 397 g/mol. The number of benzene rings is 2. The minimum atomic E-state index is -4.92. The first-order valence-corrected chi connectivity index (χ1v) is 6.57. The van der Waals surface area contributed by atoms with Crippen molar-refractivity contribution in [2.45, 2.75) is 6.18 Å². The van der Waals surface area contributed by atoms with Crippen LogP contribution >= 0.6 is 15.9 Å². The highest BCUT2D eigenvalue weighted by atomic mass is 79.9. The highest BCUT2D eigenvalue weighted by Gasteiger charge is 2.33. The van der Waals surface area contributed by atoms with Crippen LogP contribution in [0.4, 0.5) is 27.6 Å². The van der Waals surface area contributed by atoms with Gasteiger partial charge in [0.1, 0.15) is 5.75 Å². The molecule has 0 aliphatic rings. The Morgan fingerprint density at radius 3 is 2.13 bits per heavy atom. The van der Waals surface area contributed by atoms with Gasteiger partial charge in [0.2, 0.25) is 0 Å². The molecule has 0 spiro atoms. The third kappa shape index (κ3) is 3.76. The van der Waals surface area contributed by atoms with E-state index in [-0.39, 0.29) is 22.4 Å². The zero-order chi connectivity index (χ0) is 17.4. The molecule has 0 saturated heterocycles. The van der Waals surface area contributed by atoms with E-state index in [4.69, 9.17) is 4.74 Å². The zero-order valence-electron chi connectivity index (χ0n) is 10.8. The molecule has 2 aromatic rings.